The molecule has 0 radical (unpaired) electrons. The van der Waals surface area contributed by atoms with Gasteiger partial charge in [-0.3, -0.25) is 24.1 Å². The molecule has 0 bridgehead atoms. The number of hydrogen-bond donors (Lipinski definition) is 4. The van der Waals surface area contributed by atoms with Crippen LogP contribution in [0, 0.1) is 0 Å². The maximum Gasteiger partial charge on any atom is 0.315 e. The van der Waals surface area contributed by atoms with Crippen molar-refractivity contribution in [1.82, 2.24) is 20.9 Å². The zero-order valence-corrected chi connectivity index (χ0v) is 22.8. The predicted octanol–water partition coefficient (Wildman–Crippen LogP) is 0.658. The van der Waals surface area contributed by atoms with Crippen LogP contribution in [0.3, 0.4) is 0 Å². The summed E-state index contributed by atoms with van der Waals surface area (Å²) in [6.07, 6.45) is 4.42. The molecule has 3 saturated heterocycles. The number of fused-ring (bicyclic) bond motifs is 1. The molecule has 0 saturated carbocycles. The number of carbonyl (C=O) groups excluding carboxylic acids is 5. The number of carbonyl (C=O) groups is 5. The first-order valence-electron chi connectivity index (χ1n) is 13.0. The number of unbranched alkanes of at least 4 members (excludes halogenated alkanes) is 1. The van der Waals surface area contributed by atoms with Gasteiger partial charge in [-0.2, -0.15) is 24.4 Å². The van der Waals surface area contributed by atoms with Gasteiger partial charge in [-0.15, -0.1) is 0 Å². The molecule has 3 rings (SSSR count). The van der Waals surface area contributed by atoms with E-state index in [1.807, 2.05) is 11.8 Å². The molecule has 3 N–H and O–H groups in total. The van der Waals surface area contributed by atoms with Crippen LogP contribution in [0.2, 0.25) is 0 Å². The van der Waals surface area contributed by atoms with Crippen molar-refractivity contribution in [1.29, 1.82) is 0 Å². The zero-order valence-electron chi connectivity index (χ0n) is 21.1. The third kappa shape index (κ3) is 9.77. The topological polar surface area (TPSA) is 143 Å². The van der Waals surface area contributed by atoms with Crippen molar-refractivity contribution in [2.45, 2.75) is 74.0 Å². The van der Waals surface area contributed by atoms with E-state index in [9.17, 15) is 24.0 Å². The van der Waals surface area contributed by atoms with Gasteiger partial charge < -0.3 is 25.4 Å². The highest BCUT2D eigenvalue weighted by atomic mass is 32.2. The maximum absolute atomic E-state index is 12.0. The Morgan fingerprint density at radius 2 is 1.78 bits per heavy atom. The van der Waals surface area contributed by atoms with E-state index in [2.05, 4.69) is 28.6 Å². The molecule has 3 aliphatic rings. The van der Waals surface area contributed by atoms with E-state index in [1.165, 1.54) is 0 Å². The van der Waals surface area contributed by atoms with Gasteiger partial charge in [-0.25, -0.2) is 4.79 Å². The molecule has 3 heterocycles. The molecule has 0 aromatic carbocycles. The van der Waals surface area contributed by atoms with Gasteiger partial charge in [-0.05, 0) is 19.3 Å². The molecule has 0 aromatic heterocycles. The SMILES string of the molecule is O=C(CCCOCCOCCNC(=O)CCCCC1SC[C@@H]2NC(=O)N[C@H]12)CCN1C(=O)CC(S)C1=O. The van der Waals surface area contributed by atoms with Crippen LogP contribution in [0.5, 0.6) is 0 Å². The van der Waals surface area contributed by atoms with Crippen molar-refractivity contribution in [2.75, 3.05) is 45.3 Å². The Labute approximate surface area is 227 Å². The fourth-order valence-corrected chi connectivity index (χ4v) is 6.42. The molecule has 2 unspecified atom stereocenters. The van der Waals surface area contributed by atoms with Crippen LogP contribution in [0.1, 0.15) is 51.4 Å². The average Bonchev–Trinajstić information content (AvgIpc) is 3.49. The van der Waals surface area contributed by atoms with Crippen LogP contribution in [0.15, 0.2) is 0 Å². The number of urea groups is 1. The number of Topliss-reactive ketones (excluding diaryl/α,β-unsaturated/α-hetero) is 1. The molecular weight excluding hydrogens is 520 g/mol. The standard InChI is InChI=1S/C24H38N4O7S2/c29-16(7-9-28-21(31)14-18(36)23(28)32)4-3-10-34-12-13-35-11-8-25-20(30)6-2-1-5-19-22-17(15-37-19)26-24(33)27-22/h17-19,22,36H,1-15H2,(H,25,30)(H2,26,27,33)/t17-,18?,19?,22-/m0/s1. The Bertz CT molecular complexity index is 831. The molecule has 11 nitrogen and oxygen atoms in total. The molecule has 208 valence electrons. The van der Waals surface area contributed by atoms with Crippen molar-refractivity contribution in [3.8, 4) is 0 Å². The number of hydrogen-bond acceptors (Lipinski definition) is 9. The number of rotatable bonds is 18. The summed E-state index contributed by atoms with van der Waals surface area (Å²) in [4.78, 5) is 59.9. The lowest BCUT2D eigenvalue weighted by Gasteiger charge is -2.16. The van der Waals surface area contributed by atoms with Crippen molar-refractivity contribution < 1.29 is 33.4 Å². The van der Waals surface area contributed by atoms with E-state index >= 15 is 0 Å². The summed E-state index contributed by atoms with van der Waals surface area (Å²) < 4.78 is 10.9. The van der Waals surface area contributed by atoms with Crippen LogP contribution in [0.25, 0.3) is 0 Å². The Kier molecular flexibility index (Phi) is 12.5. The Hall–Kier alpha value is -1.83. The number of ether oxygens (including phenoxy) is 2. The average molecular weight is 559 g/mol. The number of likely N-dealkylation sites (tertiary alicyclic amines) is 1. The molecule has 0 aromatic rings. The number of nitrogens with one attached hydrogen (secondary N) is 3. The molecule has 3 aliphatic heterocycles. The molecule has 0 aliphatic carbocycles. The van der Waals surface area contributed by atoms with Gasteiger partial charge in [-0.1, -0.05) is 6.42 Å². The summed E-state index contributed by atoms with van der Waals surface area (Å²) in [6, 6.07) is 0.375. The van der Waals surface area contributed by atoms with Gasteiger partial charge in [0, 0.05) is 56.4 Å². The van der Waals surface area contributed by atoms with Crippen molar-refractivity contribution in [2.24, 2.45) is 0 Å². The first-order chi connectivity index (χ1) is 17.8. The quantitative estimate of drug-likeness (QED) is 0.0832. The van der Waals surface area contributed by atoms with Crippen molar-refractivity contribution >= 4 is 53.9 Å². The van der Waals surface area contributed by atoms with Crippen LogP contribution < -0.4 is 16.0 Å². The van der Waals surface area contributed by atoms with Gasteiger partial charge in [0.1, 0.15) is 5.78 Å². The summed E-state index contributed by atoms with van der Waals surface area (Å²) in [6.45, 7) is 2.21. The minimum atomic E-state index is -0.586. The summed E-state index contributed by atoms with van der Waals surface area (Å²) in [5.74, 6) is 0.360. The van der Waals surface area contributed by atoms with Gasteiger partial charge in [0.2, 0.25) is 17.7 Å². The van der Waals surface area contributed by atoms with Crippen LogP contribution in [0.4, 0.5) is 4.79 Å². The minimum absolute atomic E-state index is 0.00974. The predicted molar refractivity (Wildman–Crippen MR) is 142 cm³/mol. The second-order valence-electron chi connectivity index (χ2n) is 9.44. The smallest absolute Gasteiger partial charge is 0.315 e. The summed E-state index contributed by atoms with van der Waals surface area (Å²) in [7, 11) is 0. The highest BCUT2D eigenvalue weighted by molar-refractivity contribution is 8.00. The van der Waals surface area contributed by atoms with E-state index in [1.54, 1.807) is 0 Å². The first-order valence-corrected chi connectivity index (χ1v) is 14.6. The number of imide groups is 1. The molecule has 3 fully saturated rings. The van der Waals surface area contributed by atoms with E-state index in [0.29, 0.717) is 57.5 Å². The highest BCUT2D eigenvalue weighted by Gasteiger charge is 2.42. The van der Waals surface area contributed by atoms with E-state index in [4.69, 9.17) is 9.47 Å². The van der Waals surface area contributed by atoms with Gasteiger partial charge >= 0.3 is 6.03 Å². The lowest BCUT2D eigenvalue weighted by Crippen LogP contribution is -2.36. The van der Waals surface area contributed by atoms with E-state index in [-0.39, 0.29) is 61.0 Å². The maximum atomic E-state index is 12.0. The number of thiol groups is 1. The highest BCUT2D eigenvalue weighted by Crippen LogP contribution is 2.33. The number of amides is 5. The number of thioether (sulfide) groups is 1. The number of nitrogens with zero attached hydrogens (tertiary/aromatic N) is 1. The monoisotopic (exact) mass is 558 g/mol. The van der Waals surface area contributed by atoms with Crippen LogP contribution in [-0.2, 0) is 28.7 Å². The molecule has 13 heteroatoms. The van der Waals surface area contributed by atoms with Crippen molar-refractivity contribution in [3.05, 3.63) is 0 Å². The van der Waals surface area contributed by atoms with Crippen LogP contribution in [-0.4, -0.2) is 102 Å². The summed E-state index contributed by atoms with van der Waals surface area (Å²) >= 11 is 5.95. The largest absolute Gasteiger partial charge is 0.379 e. The Balaban J connectivity index is 1.06. The molecule has 4 atom stereocenters. The summed E-state index contributed by atoms with van der Waals surface area (Å²) in [5.41, 5.74) is 0. The molecule has 0 spiro atoms. The minimum Gasteiger partial charge on any atom is -0.379 e. The zero-order chi connectivity index (χ0) is 26.6. The summed E-state index contributed by atoms with van der Waals surface area (Å²) in [5, 5.41) is 8.61. The lowest BCUT2D eigenvalue weighted by atomic mass is 10.0. The second-order valence-corrected chi connectivity index (χ2v) is 11.3. The fraction of sp³-hybridized carbons (Fsp3) is 0.792. The van der Waals surface area contributed by atoms with Gasteiger partial charge in [0.05, 0.1) is 37.2 Å². The fourth-order valence-electron chi connectivity index (χ4n) is 4.58. The Morgan fingerprint density at radius 1 is 1.00 bits per heavy atom. The molecule has 5 amide bonds. The molecule has 37 heavy (non-hydrogen) atoms. The third-order valence-electron chi connectivity index (χ3n) is 6.60. The van der Waals surface area contributed by atoms with Gasteiger partial charge in [0.15, 0.2) is 0 Å². The molecular formula is C24H38N4O7S2. The first kappa shape index (κ1) is 29.7. The van der Waals surface area contributed by atoms with Crippen LogP contribution >= 0.6 is 24.4 Å². The second kappa shape index (κ2) is 15.6. The lowest BCUT2D eigenvalue weighted by molar-refractivity contribution is -0.138. The third-order valence-corrected chi connectivity index (χ3v) is 8.51. The van der Waals surface area contributed by atoms with E-state index in [0.717, 1.165) is 29.9 Å². The normalized spacial score (nSPS) is 24.8. The van der Waals surface area contributed by atoms with E-state index < -0.39 is 5.25 Å². The van der Waals surface area contributed by atoms with Crippen molar-refractivity contribution in [3.63, 3.8) is 0 Å². The van der Waals surface area contributed by atoms with Gasteiger partial charge in [0.25, 0.3) is 0 Å². The number of ketones is 1. The Morgan fingerprint density at radius 3 is 2.54 bits per heavy atom.